The third kappa shape index (κ3) is 1.73. The number of H-pyrrole nitrogens is 1. The highest BCUT2D eigenvalue weighted by Gasteiger charge is 2.37. The van der Waals surface area contributed by atoms with Crippen molar-refractivity contribution in [3.05, 3.63) is 28.8 Å². The molecular formula is C12H15N5O3. The van der Waals surface area contributed by atoms with Crippen molar-refractivity contribution >= 4 is 17.1 Å². The van der Waals surface area contributed by atoms with Crippen LogP contribution in [0.4, 0.5) is 5.95 Å². The molecule has 0 unspecified atom stereocenters. The number of fused-ring (bicyclic) bond motifs is 1. The molecule has 20 heavy (non-hydrogen) atoms. The van der Waals surface area contributed by atoms with E-state index < -0.39 is 30.2 Å². The van der Waals surface area contributed by atoms with E-state index in [1.54, 1.807) is 0 Å². The Kier molecular flexibility index (Phi) is 2.34. The fourth-order valence-electron chi connectivity index (χ4n) is 2.63. The largest absolute Gasteiger partial charge is 0.396 e. The van der Waals surface area contributed by atoms with Gasteiger partial charge in [-0.2, -0.15) is 4.98 Å². The molecule has 0 aliphatic heterocycles. The fourth-order valence-corrected chi connectivity index (χ4v) is 2.63. The topological polar surface area (TPSA) is 130 Å². The van der Waals surface area contributed by atoms with E-state index in [1.165, 1.54) is 10.9 Å². The Bertz CT molecular complexity index is 811. The van der Waals surface area contributed by atoms with Gasteiger partial charge in [-0.3, -0.25) is 9.78 Å². The molecule has 1 fully saturated rings. The van der Waals surface area contributed by atoms with E-state index in [0.717, 1.165) is 0 Å². The lowest BCUT2D eigenvalue weighted by molar-refractivity contribution is 0.101. The standard InChI is InChI=1S/C12H15N5O3/c1-5-6(3-18)8(19)2-7(5)17-4-14-9-10(17)15-12(13)16-11(9)20/h4,6-8,18-19H,1-3H2,(H3,13,15,16,20)/t6-,7-,8-/m0/s1/i1+1D2. The molecule has 5 N–H and O–H groups in total. The van der Waals surface area contributed by atoms with Crippen LogP contribution in [0.2, 0.25) is 0 Å². The maximum atomic E-state index is 11.8. The van der Waals surface area contributed by atoms with Crippen LogP contribution in [-0.4, -0.2) is 42.4 Å². The van der Waals surface area contributed by atoms with Crippen LogP contribution in [0.5, 0.6) is 0 Å². The second-order valence-electron chi connectivity index (χ2n) is 4.84. The Hall–Kier alpha value is -2.19. The third-order valence-electron chi connectivity index (χ3n) is 3.67. The van der Waals surface area contributed by atoms with Gasteiger partial charge < -0.3 is 20.5 Å². The number of nitrogen functional groups attached to an aromatic ring is 1. The van der Waals surface area contributed by atoms with Gasteiger partial charge >= 0.3 is 0 Å². The molecule has 0 saturated heterocycles. The number of imidazole rings is 1. The van der Waals surface area contributed by atoms with E-state index in [-0.39, 0.29) is 35.7 Å². The van der Waals surface area contributed by atoms with Gasteiger partial charge in [0.15, 0.2) is 11.2 Å². The summed E-state index contributed by atoms with van der Waals surface area (Å²) in [4.78, 5) is 22.2. The van der Waals surface area contributed by atoms with Crippen molar-refractivity contribution in [3.8, 4) is 0 Å². The lowest BCUT2D eigenvalue weighted by Crippen LogP contribution is -2.17. The summed E-state index contributed by atoms with van der Waals surface area (Å²) >= 11 is 0. The molecule has 2 heterocycles. The van der Waals surface area contributed by atoms with Gasteiger partial charge in [0.25, 0.3) is 5.56 Å². The minimum Gasteiger partial charge on any atom is -0.396 e. The molecule has 2 aromatic rings. The van der Waals surface area contributed by atoms with E-state index in [4.69, 9.17) is 8.48 Å². The lowest BCUT2D eigenvalue weighted by Gasteiger charge is -2.15. The molecule has 106 valence electrons. The maximum absolute atomic E-state index is 11.8. The van der Waals surface area contributed by atoms with Crippen LogP contribution in [0.1, 0.15) is 15.2 Å². The van der Waals surface area contributed by atoms with Crippen molar-refractivity contribution in [2.75, 3.05) is 12.3 Å². The van der Waals surface area contributed by atoms with Gasteiger partial charge in [-0.15, -0.1) is 0 Å². The SMILES string of the molecule is [2H][13C]([2H])=C1[C@H](CO)[C@@H](O)C[C@@H]1n1cnc2c(=O)[nH]c(N)nc21. The number of anilines is 1. The number of aliphatic hydroxyl groups is 2. The van der Waals surface area contributed by atoms with Gasteiger partial charge in [-0.1, -0.05) is 6.53 Å². The number of aromatic nitrogens is 4. The molecule has 8 heteroatoms. The summed E-state index contributed by atoms with van der Waals surface area (Å²) in [6.07, 6.45) is 0.682. The maximum Gasteiger partial charge on any atom is 0.280 e. The van der Waals surface area contributed by atoms with E-state index in [1.807, 2.05) is 0 Å². The zero-order chi connectivity index (χ0) is 16.0. The van der Waals surface area contributed by atoms with Gasteiger partial charge in [-0.25, -0.2) is 4.98 Å². The summed E-state index contributed by atoms with van der Waals surface area (Å²) in [5, 5.41) is 19.4. The van der Waals surface area contributed by atoms with Crippen molar-refractivity contribution in [1.82, 2.24) is 19.5 Å². The quantitative estimate of drug-likeness (QED) is 0.419. The van der Waals surface area contributed by atoms with Gasteiger partial charge in [0.2, 0.25) is 5.95 Å². The molecular weight excluding hydrogens is 263 g/mol. The van der Waals surface area contributed by atoms with Crippen molar-refractivity contribution in [2.24, 2.45) is 5.92 Å². The Morgan fingerprint density at radius 3 is 3.20 bits per heavy atom. The van der Waals surface area contributed by atoms with Gasteiger partial charge in [-0.05, 0) is 12.0 Å². The molecule has 0 bridgehead atoms. The number of nitrogens with two attached hydrogens (primary N) is 1. The molecule has 1 saturated carbocycles. The molecule has 3 atom stereocenters. The van der Waals surface area contributed by atoms with Crippen LogP contribution in [0.25, 0.3) is 11.2 Å². The molecule has 0 spiro atoms. The number of aromatic amines is 1. The Morgan fingerprint density at radius 1 is 1.70 bits per heavy atom. The summed E-state index contributed by atoms with van der Waals surface area (Å²) in [6.45, 7) is -0.836. The second-order valence-corrected chi connectivity index (χ2v) is 4.84. The average molecular weight is 280 g/mol. The molecule has 8 nitrogen and oxygen atoms in total. The predicted molar refractivity (Wildman–Crippen MR) is 71.9 cm³/mol. The third-order valence-corrected chi connectivity index (χ3v) is 3.67. The first kappa shape index (κ1) is 10.6. The summed E-state index contributed by atoms with van der Waals surface area (Å²) in [7, 11) is 0. The monoisotopic (exact) mass is 280 g/mol. The predicted octanol–water partition coefficient (Wildman–Crippen LogP) is -0.828. The van der Waals surface area contributed by atoms with Crippen LogP contribution in [0.3, 0.4) is 0 Å². The number of hydrogen-bond donors (Lipinski definition) is 4. The average Bonchev–Trinajstić information content (AvgIpc) is 2.99. The number of nitrogens with one attached hydrogen (secondary N) is 1. The molecule has 1 aliphatic carbocycles. The van der Waals surface area contributed by atoms with E-state index in [9.17, 15) is 15.0 Å². The highest BCUT2D eigenvalue weighted by molar-refractivity contribution is 5.70. The molecule has 2 aromatic heterocycles. The fraction of sp³-hybridized carbons (Fsp3) is 0.417. The normalized spacial score (nSPS) is 27.7. The van der Waals surface area contributed by atoms with E-state index >= 15 is 0 Å². The molecule has 0 radical (unpaired) electrons. The molecule has 0 aromatic carbocycles. The van der Waals surface area contributed by atoms with Crippen molar-refractivity contribution in [3.63, 3.8) is 0 Å². The van der Waals surface area contributed by atoms with Crippen molar-refractivity contribution in [2.45, 2.75) is 18.6 Å². The number of rotatable bonds is 2. The molecule has 0 amide bonds. The van der Waals surface area contributed by atoms with Crippen LogP contribution in [0.15, 0.2) is 23.2 Å². The number of aliphatic hydroxyl groups excluding tert-OH is 2. The highest BCUT2D eigenvalue weighted by atomic mass is 16.3. The van der Waals surface area contributed by atoms with Gasteiger partial charge in [0, 0.05) is 5.92 Å². The molecule has 1 aliphatic rings. The van der Waals surface area contributed by atoms with Crippen LogP contribution in [-0.2, 0) is 0 Å². The minimum atomic E-state index is -0.882. The zero-order valence-corrected chi connectivity index (χ0v) is 10.4. The summed E-state index contributed by atoms with van der Waals surface area (Å²) in [6, 6.07) is -0.573. The van der Waals surface area contributed by atoms with Crippen LogP contribution in [0, 0.1) is 5.92 Å². The Balaban J connectivity index is 2.19. The molecule has 3 rings (SSSR count). The van der Waals surface area contributed by atoms with Crippen LogP contribution >= 0.6 is 0 Å². The summed E-state index contributed by atoms with van der Waals surface area (Å²) in [5.74, 6) is -0.759. The van der Waals surface area contributed by atoms with E-state index in [2.05, 4.69) is 15.0 Å². The van der Waals surface area contributed by atoms with Crippen LogP contribution < -0.4 is 11.3 Å². The number of nitrogens with zero attached hydrogens (tertiary/aromatic N) is 3. The van der Waals surface area contributed by atoms with Crippen molar-refractivity contribution in [1.29, 1.82) is 0 Å². The first-order chi connectivity index (χ1) is 10.4. The zero-order valence-electron chi connectivity index (χ0n) is 12.4. The summed E-state index contributed by atoms with van der Waals surface area (Å²) in [5.41, 5.74) is 5.65. The van der Waals surface area contributed by atoms with Gasteiger partial charge in [0.1, 0.15) is 0 Å². The summed E-state index contributed by atoms with van der Waals surface area (Å²) < 4.78 is 16.7. The van der Waals surface area contributed by atoms with Gasteiger partial charge in [0.05, 0.1) is 27.8 Å². The smallest absolute Gasteiger partial charge is 0.280 e. The lowest BCUT2D eigenvalue weighted by atomic mass is 10.0. The Labute approximate surface area is 116 Å². The minimum absolute atomic E-state index is 0.0704. The van der Waals surface area contributed by atoms with E-state index in [0.29, 0.717) is 0 Å². The highest BCUT2D eigenvalue weighted by Crippen LogP contribution is 2.39. The first-order valence-corrected chi connectivity index (χ1v) is 6.12. The first-order valence-electron chi connectivity index (χ1n) is 7.12. The van der Waals surface area contributed by atoms with Crippen molar-refractivity contribution < 1.29 is 13.0 Å². The second kappa shape index (κ2) is 4.43. The Morgan fingerprint density at radius 2 is 2.50 bits per heavy atom. The number of hydrogen-bond acceptors (Lipinski definition) is 6.